The number of anilines is 1. The van der Waals surface area contributed by atoms with Gasteiger partial charge >= 0.3 is 0 Å². The minimum Gasteiger partial charge on any atom is -0.504 e. The number of amides is 3. The monoisotopic (exact) mass is 384 g/mol. The van der Waals surface area contributed by atoms with E-state index >= 15 is 0 Å². The number of aromatic hydroxyl groups is 1. The largest absolute Gasteiger partial charge is 0.504 e. The quantitative estimate of drug-likeness (QED) is 0.769. The number of thioether (sulfide) groups is 1. The van der Waals surface area contributed by atoms with Gasteiger partial charge in [0.25, 0.3) is 11.1 Å². The first-order chi connectivity index (χ1) is 13.0. The third kappa shape index (κ3) is 4.12. The number of hydrogen-bond donors (Lipinski definition) is 2. The number of para-hydroxylation sites is 2. The number of ether oxygens (including phenoxy) is 1. The number of phenolic OH excluding ortho intramolecular Hbond substituents is 1. The Morgan fingerprint density at radius 3 is 2.63 bits per heavy atom. The fourth-order valence-electron chi connectivity index (χ4n) is 2.46. The zero-order valence-corrected chi connectivity index (χ0v) is 15.2. The number of methoxy groups -OCH3 is 1. The highest BCUT2D eigenvalue weighted by Gasteiger charge is 2.36. The van der Waals surface area contributed by atoms with Crippen LogP contribution in [-0.2, 0) is 9.59 Å². The highest BCUT2D eigenvalue weighted by molar-refractivity contribution is 8.18. The summed E-state index contributed by atoms with van der Waals surface area (Å²) in [6, 6.07) is 13.6. The Morgan fingerprint density at radius 2 is 1.93 bits per heavy atom. The fourth-order valence-corrected chi connectivity index (χ4v) is 3.29. The number of carbonyl (C=O) groups is 3. The van der Waals surface area contributed by atoms with Gasteiger partial charge in [-0.3, -0.25) is 19.3 Å². The summed E-state index contributed by atoms with van der Waals surface area (Å²) in [5.41, 5.74) is 0.917. The third-order valence-corrected chi connectivity index (χ3v) is 4.68. The lowest BCUT2D eigenvalue weighted by molar-refractivity contribution is -0.127. The van der Waals surface area contributed by atoms with Gasteiger partial charge < -0.3 is 15.2 Å². The molecule has 2 N–H and O–H groups in total. The van der Waals surface area contributed by atoms with E-state index in [0.717, 1.165) is 4.90 Å². The van der Waals surface area contributed by atoms with E-state index in [2.05, 4.69) is 5.32 Å². The number of nitrogens with zero attached hydrogens (tertiary/aromatic N) is 1. The fraction of sp³-hybridized carbons (Fsp3) is 0.105. The number of rotatable bonds is 5. The standard InChI is InChI=1S/C19H16N2O5S/c1-26-14-9-5-6-12(17(14)23)10-15-18(24)21(19(25)27-15)11-16(22)20-13-7-3-2-4-8-13/h2-10,23H,11H2,1H3,(H,20,22)/b15-10-. The Bertz CT molecular complexity index is 927. The molecule has 1 aliphatic rings. The van der Waals surface area contributed by atoms with Crippen molar-refractivity contribution in [3.05, 3.63) is 59.0 Å². The molecular weight excluding hydrogens is 368 g/mol. The smallest absolute Gasteiger partial charge is 0.294 e. The zero-order chi connectivity index (χ0) is 19.4. The maximum Gasteiger partial charge on any atom is 0.294 e. The van der Waals surface area contributed by atoms with Gasteiger partial charge in [0.05, 0.1) is 12.0 Å². The molecule has 1 saturated heterocycles. The maximum atomic E-state index is 12.5. The molecule has 7 nitrogen and oxygen atoms in total. The van der Waals surface area contributed by atoms with Crippen molar-refractivity contribution in [3.8, 4) is 11.5 Å². The van der Waals surface area contributed by atoms with Crippen LogP contribution in [0.5, 0.6) is 11.5 Å². The number of carbonyl (C=O) groups excluding carboxylic acids is 3. The molecule has 0 unspecified atom stereocenters. The summed E-state index contributed by atoms with van der Waals surface area (Å²) in [5.74, 6) is -0.941. The predicted octanol–water partition coefficient (Wildman–Crippen LogP) is 3.08. The average Bonchev–Trinajstić information content (AvgIpc) is 2.91. The van der Waals surface area contributed by atoms with Gasteiger partial charge in [-0.25, -0.2) is 0 Å². The molecule has 3 amide bonds. The second-order valence-electron chi connectivity index (χ2n) is 5.58. The first kappa shape index (κ1) is 18.5. The van der Waals surface area contributed by atoms with Gasteiger partial charge in [-0.2, -0.15) is 0 Å². The van der Waals surface area contributed by atoms with Crippen LogP contribution in [0.4, 0.5) is 10.5 Å². The Balaban J connectivity index is 1.74. The number of benzene rings is 2. The minimum absolute atomic E-state index is 0.121. The second-order valence-corrected chi connectivity index (χ2v) is 6.57. The van der Waals surface area contributed by atoms with Gasteiger partial charge in [-0.15, -0.1) is 0 Å². The van der Waals surface area contributed by atoms with Crippen LogP contribution in [0.3, 0.4) is 0 Å². The Kier molecular flexibility index (Phi) is 5.46. The molecule has 0 radical (unpaired) electrons. The van der Waals surface area contributed by atoms with E-state index in [1.165, 1.54) is 13.2 Å². The van der Waals surface area contributed by atoms with E-state index < -0.39 is 17.1 Å². The number of imide groups is 1. The first-order valence-corrected chi connectivity index (χ1v) is 8.77. The highest BCUT2D eigenvalue weighted by Crippen LogP contribution is 2.36. The van der Waals surface area contributed by atoms with Gasteiger partial charge in [-0.1, -0.05) is 30.3 Å². The summed E-state index contributed by atoms with van der Waals surface area (Å²) in [4.78, 5) is 37.7. The second kappa shape index (κ2) is 7.96. The molecule has 27 heavy (non-hydrogen) atoms. The number of nitrogens with one attached hydrogen (secondary N) is 1. The first-order valence-electron chi connectivity index (χ1n) is 7.96. The minimum atomic E-state index is -0.588. The van der Waals surface area contributed by atoms with Crippen molar-refractivity contribution in [1.29, 1.82) is 0 Å². The molecule has 0 spiro atoms. The van der Waals surface area contributed by atoms with Crippen LogP contribution in [0.15, 0.2) is 53.4 Å². The summed E-state index contributed by atoms with van der Waals surface area (Å²) < 4.78 is 5.03. The Hall–Kier alpha value is -3.26. The molecule has 2 aromatic rings. The molecule has 1 aliphatic heterocycles. The van der Waals surface area contributed by atoms with Crippen molar-refractivity contribution in [3.63, 3.8) is 0 Å². The zero-order valence-electron chi connectivity index (χ0n) is 14.3. The van der Waals surface area contributed by atoms with Crippen molar-refractivity contribution in [2.24, 2.45) is 0 Å². The molecule has 2 aromatic carbocycles. The van der Waals surface area contributed by atoms with Crippen LogP contribution < -0.4 is 10.1 Å². The van der Waals surface area contributed by atoms with Crippen LogP contribution in [0.2, 0.25) is 0 Å². The van der Waals surface area contributed by atoms with Gasteiger partial charge in [-0.05, 0) is 36.0 Å². The van der Waals surface area contributed by atoms with Crippen LogP contribution in [0, 0.1) is 0 Å². The van der Waals surface area contributed by atoms with Crippen molar-refractivity contribution in [2.75, 3.05) is 19.0 Å². The summed E-state index contributed by atoms with van der Waals surface area (Å²) in [7, 11) is 1.41. The maximum absolute atomic E-state index is 12.5. The van der Waals surface area contributed by atoms with Gasteiger partial charge in [0.1, 0.15) is 6.54 Å². The lowest BCUT2D eigenvalue weighted by Gasteiger charge is -2.12. The number of hydrogen-bond acceptors (Lipinski definition) is 6. The van der Waals surface area contributed by atoms with E-state index in [-0.39, 0.29) is 22.9 Å². The van der Waals surface area contributed by atoms with E-state index in [4.69, 9.17) is 4.74 Å². The van der Waals surface area contributed by atoms with E-state index in [9.17, 15) is 19.5 Å². The summed E-state index contributed by atoms with van der Waals surface area (Å²) in [6.07, 6.45) is 1.40. The summed E-state index contributed by atoms with van der Waals surface area (Å²) in [5, 5.41) is 12.2. The summed E-state index contributed by atoms with van der Waals surface area (Å²) in [6.45, 7) is -0.388. The van der Waals surface area contributed by atoms with Crippen LogP contribution in [0.1, 0.15) is 5.56 Å². The molecule has 0 bridgehead atoms. The van der Waals surface area contributed by atoms with Gasteiger partial charge in [0.2, 0.25) is 5.91 Å². The van der Waals surface area contributed by atoms with Crippen molar-refractivity contribution in [1.82, 2.24) is 4.90 Å². The Morgan fingerprint density at radius 1 is 1.19 bits per heavy atom. The number of phenols is 1. The molecule has 138 valence electrons. The molecule has 1 heterocycles. The molecule has 0 aromatic heterocycles. The SMILES string of the molecule is COc1cccc(/C=C2\SC(=O)N(CC(=O)Nc3ccccc3)C2=O)c1O. The molecule has 1 fully saturated rings. The van der Waals surface area contributed by atoms with E-state index in [1.54, 1.807) is 42.5 Å². The molecule has 0 atom stereocenters. The normalized spacial score (nSPS) is 15.3. The molecule has 0 saturated carbocycles. The lowest BCUT2D eigenvalue weighted by Crippen LogP contribution is -2.36. The lowest BCUT2D eigenvalue weighted by atomic mass is 10.1. The van der Waals surface area contributed by atoms with Crippen molar-refractivity contribution >= 4 is 40.6 Å². The van der Waals surface area contributed by atoms with Crippen LogP contribution in [-0.4, -0.2) is 40.7 Å². The molecule has 8 heteroatoms. The Labute approximate surface area is 159 Å². The van der Waals surface area contributed by atoms with Crippen LogP contribution in [0.25, 0.3) is 6.08 Å². The third-order valence-electron chi connectivity index (χ3n) is 3.77. The van der Waals surface area contributed by atoms with Crippen molar-refractivity contribution in [2.45, 2.75) is 0 Å². The molecular formula is C19H16N2O5S. The predicted molar refractivity (Wildman–Crippen MR) is 102 cm³/mol. The van der Waals surface area contributed by atoms with Gasteiger partial charge in [0, 0.05) is 11.3 Å². The average molecular weight is 384 g/mol. The molecule has 3 rings (SSSR count). The van der Waals surface area contributed by atoms with Crippen molar-refractivity contribution < 1.29 is 24.2 Å². The van der Waals surface area contributed by atoms with E-state index in [0.29, 0.717) is 23.0 Å². The molecule has 0 aliphatic carbocycles. The topological polar surface area (TPSA) is 95.9 Å². The van der Waals surface area contributed by atoms with E-state index in [1.807, 2.05) is 6.07 Å². The summed E-state index contributed by atoms with van der Waals surface area (Å²) >= 11 is 0.714. The highest BCUT2D eigenvalue weighted by atomic mass is 32.2. The van der Waals surface area contributed by atoms with Gasteiger partial charge in [0.15, 0.2) is 11.5 Å². The van der Waals surface area contributed by atoms with Crippen LogP contribution >= 0.6 is 11.8 Å².